The molecule has 0 bridgehead atoms. The molecule has 0 unspecified atom stereocenters. The quantitative estimate of drug-likeness (QED) is 0.738. The SMILES string of the molecule is C=C(NCC#CCC)c1ccc(C)cc1. The summed E-state index contributed by atoms with van der Waals surface area (Å²) in [5, 5.41) is 3.19. The molecule has 0 heterocycles. The van der Waals surface area contributed by atoms with E-state index in [1.54, 1.807) is 0 Å². The zero-order valence-corrected chi connectivity index (χ0v) is 9.43. The molecule has 0 saturated heterocycles. The number of hydrogen-bond donors (Lipinski definition) is 1. The highest BCUT2D eigenvalue weighted by Gasteiger charge is 1.95. The fourth-order valence-electron chi connectivity index (χ4n) is 1.20. The monoisotopic (exact) mass is 199 g/mol. The van der Waals surface area contributed by atoms with Crippen molar-refractivity contribution in [2.75, 3.05) is 6.54 Å². The molecule has 0 aromatic heterocycles. The summed E-state index contributed by atoms with van der Waals surface area (Å²) in [6.07, 6.45) is 0.901. The van der Waals surface area contributed by atoms with Crippen LogP contribution in [0.2, 0.25) is 0 Å². The van der Waals surface area contributed by atoms with Gasteiger partial charge in [-0.2, -0.15) is 0 Å². The van der Waals surface area contributed by atoms with E-state index in [0.29, 0.717) is 6.54 Å². The van der Waals surface area contributed by atoms with E-state index in [1.165, 1.54) is 5.56 Å². The second-order valence-electron chi connectivity index (χ2n) is 3.41. The van der Waals surface area contributed by atoms with Crippen molar-refractivity contribution in [3.05, 3.63) is 42.0 Å². The second kappa shape index (κ2) is 5.93. The van der Waals surface area contributed by atoms with Crippen molar-refractivity contribution in [3.8, 4) is 11.8 Å². The van der Waals surface area contributed by atoms with Crippen LogP contribution >= 0.6 is 0 Å². The summed E-state index contributed by atoms with van der Waals surface area (Å²) in [7, 11) is 0. The van der Waals surface area contributed by atoms with Crippen LogP contribution in [0.3, 0.4) is 0 Å². The number of rotatable bonds is 3. The predicted molar refractivity (Wildman–Crippen MR) is 66.3 cm³/mol. The van der Waals surface area contributed by atoms with Crippen LogP contribution in [0, 0.1) is 18.8 Å². The fraction of sp³-hybridized carbons (Fsp3) is 0.286. The molecule has 0 radical (unpaired) electrons. The highest BCUT2D eigenvalue weighted by molar-refractivity contribution is 5.61. The summed E-state index contributed by atoms with van der Waals surface area (Å²) in [6, 6.07) is 8.30. The topological polar surface area (TPSA) is 12.0 Å². The van der Waals surface area contributed by atoms with Crippen LogP contribution in [-0.2, 0) is 0 Å². The van der Waals surface area contributed by atoms with Gasteiger partial charge in [-0.15, -0.1) is 5.92 Å². The number of hydrogen-bond acceptors (Lipinski definition) is 1. The van der Waals surface area contributed by atoms with E-state index >= 15 is 0 Å². The third-order valence-corrected chi connectivity index (χ3v) is 2.09. The lowest BCUT2D eigenvalue weighted by atomic mass is 10.1. The van der Waals surface area contributed by atoms with Crippen molar-refractivity contribution in [1.82, 2.24) is 5.32 Å². The second-order valence-corrected chi connectivity index (χ2v) is 3.41. The Morgan fingerprint density at radius 1 is 1.27 bits per heavy atom. The number of benzene rings is 1. The first-order chi connectivity index (χ1) is 7.24. The molecule has 15 heavy (non-hydrogen) atoms. The van der Waals surface area contributed by atoms with Gasteiger partial charge in [0.25, 0.3) is 0 Å². The molecule has 1 aromatic carbocycles. The van der Waals surface area contributed by atoms with Crippen molar-refractivity contribution >= 4 is 5.70 Å². The molecule has 0 aliphatic rings. The van der Waals surface area contributed by atoms with Crippen molar-refractivity contribution in [2.24, 2.45) is 0 Å². The molecule has 1 N–H and O–H groups in total. The zero-order chi connectivity index (χ0) is 11.1. The summed E-state index contributed by atoms with van der Waals surface area (Å²) in [5.74, 6) is 6.04. The van der Waals surface area contributed by atoms with Gasteiger partial charge in [0, 0.05) is 12.1 Å². The average Bonchev–Trinajstić information content (AvgIpc) is 2.25. The van der Waals surface area contributed by atoms with Gasteiger partial charge in [0.05, 0.1) is 6.54 Å². The highest BCUT2D eigenvalue weighted by atomic mass is 14.9. The normalized spacial score (nSPS) is 8.93. The van der Waals surface area contributed by atoms with Crippen LogP contribution in [0.1, 0.15) is 24.5 Å². The summed E-state index contributed by atoms with van der Waals surface area (Å²) >= 11 is 0. The maximum absolute atomic E-state index is 3.97. The Bertz CT molecular complexity index is 376. The first kappa shape index (κ1) is 11.4. The lowest BCUT2D eigenvalue weighted by Gasteiger charge is -2.06. The largest absolute Gasteiger partial charge is 0.374 e. The third-order valence-electron chi connectivity index (χ3n) is 2.09. The summed E-state index contributed by atoms with van der Waals surface area (Å²) < 4.78 is 0. The van der Waals surface area contributed by atoms with Gasteiger partial charge in [-0.05, 0) is 12.5 Å². The van der Waals surface area contributed by atoms with Gasteiger partial charge in [0.15, 0.2) is 0 Å². The molecule has 0 aliphatic heterocycles. The molecule has 0 saturated carbocycles. The van der Waals surface area contributed by atoms with Crippen LogP contribution in [0.25, 0.3) is 5.70 Å². The third kappa shape index (κ3) is 3.91. The van der Waals surface area contributed by atoms with Crippen molar-refractivity contribution in [2.45, 2.75) is 20.3 Å². The maximum Gasteiger partial charge on any atom is 0.0765 e. The maximum atomic E-state index is 3.97. The average molecular weight is 199 g/mol. The lowest BCUT2D eigenvalue weighted by Crippen LogP contribution is -2.11. The van der Waals surface area contributed by atoms with E-state index in [9.17, 15) is 0 Å². The molecule has 1 rings (SSSR count). The van der Waals surface area contributed by atoms with E-state index in [-0.39, 0.29) is 0 Å². The highest BCUT2D eigenvalue weighted by Crippen LogP contribution is 2.09. The Hall–Kier alpha value is -1.68. The van der Waals surface area contributed by atoms with Gasteiger partial charge in [0.2, 0.25) is 0 Å². The van der Waals surface area contributed by atoms with E-state index in [1.807, 2.05) is 6.92 Å². The Morgan fingerprint density at radius 2 is 1.93 bits per heavy atom. The van der Waals surface area contributed by atoms with Gasteiger partial charge in [-0.25, -0.2) is 0 Å². The Balaban J connectivity index is 2.50. The Kier molecular flexibility index (Phi) is 4.50. The lowest BCUT2D eigenvalue weighted by molar-refractivity contribution is 1.03. The molecule has 0 atom stereocenters. The fourth-order valence-corrected chi connectivity index (χ4v) is 1.20. The molecule has 78 valence electrons. The van der Waals surface area contributed by atoms with Crippen LogP contribution in [0.4, 0.5) is 0 Å². The summed E-state index contributed by atoms with van der Waals surface area (Å²) in [5.41, 5.74) is 3.32. The van der Waals surface area contributed by atoms with Crippen molar-refractivity contribution in [1.29, 1.82) is 0 Å². The van der Waals surface area contributed by atoms with E-state index in [0.717, 1.165) is 17.7 Å². The molecular formula is C14H17N. The standard InChI is InChI=1S/C14H17N/c1-4-5-6-11-15-13(3)14-9-7-12(2)8-10-14/h7-10,15H,3-4,11H2,1-2H3. The van der Waals surface area contributed by atoms with Gasteiger partial charge in [-0.1, -0.05) is 49.3 Å². The van der Waals surface area contributed by atoms with Gasteiger partial charge < -0.3 is 5.32 Å². The van der Waals surface area contributed by atoms with Crippen LogP contribution in [-0.4, -0.2) is 6.54 Å². The number of nitrogens with one attached hydrogen (secondary N) is 1. The first-order valence-electron chi connectivity index (χ1n) is 5.19. The van der Waals surface area contributed by atoms with Crippen molar-refractivity contribution < 1.29 is 0 Å². The zero-order valence-electron chi connectivity index (χ0n) is 9.43. The van der Waals surface area contributed by atoms with Crippen LogP contribution in [0.5, 0.6) is 0 Å². The minimum absolute atomic E-state index is 0.667. The minimum atomic E-state index is 0.667. The Morgan fingerprint density at radius 3 is 2.53 bits per heavy atom. The molecular weight excluding hydrogens is 182 g/mol. The molecule has 0 spiro atoms. The van der Waals surface area contributed by atoms with Crippen molar-refractivity contribution in [3.63, 3.8) is 0 Å². The smallest absolute Gasteiger partial charge is 0.0765 e. The molecule has 0 amide bonds. The minimum Gasteiger partial charge on any atom is -0.374 e. The van der Waals surface area contributed by atoms with Crippen LogP contribution < -0.4 is 5.32 Å². The Labute approximate surface area is 92.2 Å². The van der Waals surface area contributed by atoms with Gasteiger partial charge in [0.1, 0.15) is 0 Å². The molecule has 1 aromatic rings. The molecule has 0 fully saturated rings. The molecule has 0 aliphatic carbocycles. The molecule has 1 nitrogen and oxygen atoms in total. The molecule has 1 heteroatoms. The summed E-state index contributed by atoms with van der Waals surface area (Å²) in [4.78, 5) is 0. The first-order valence-corrected chi connectivity index (χ1v) is 5.19. The van der Waals surface area contributed by atoms with E-state index in [2.05, 4.69) is 54.9 Å². The number of aryl methyl sites for hydroxylation is 1. The van der Waals surface area contributed by atoms with Crippen LogP contribution in [0.15, 0.2) is 30.8 Å². The van der Waals surface area contributed by atoms with Gasteiger partial charge in [-0.3, -0.25) is 0 Å². The summed E-state index contributed by atoms with van der Waals surface area (Å²) in [6.45, 7) is 8.76. The predicted octanol–water partition coefficient (Wildman–Crippen LogP) is 2.97. The van der Waals surface area contributed by atoms with E-state index < -0.39 is 0 Å². The van der Waals surface area contributed by atoms with Gasteiger partial charge >= 0.3 is 0 Å². The van der Waals surface area contributed by atoms with E-state index in [4.69, 9.17) is 0 Å².